The molecule has 4 rings (SSSR count). The molecule has 1 atom stereocenters. The predicted octanol–water partition coefficient (Wildman–Crippen LogP) is 4.73. The van der Waals surface area contributed by atoms with E-state index in [1.807, 2.05) is 25.1 Å². The lowest BCUT2D eigenvalue weighted by Gasteiger charge is -2.33. The lowest BCUT2D eigenvalue weighted by molar-refractivity contribution is -0.123. The minimum absolute atomic E-state index is 0.115. The van der Waals surface area contributed by atoms with Crippen molar-refractivity contribution in [2.24, 2.45) is 0 Å². The summed E-state index contributed by atoms with van der Waals surface area (Å²) in [7, 11) is 1.67. The highest BCUT2D eigenvalue weighted by molar-refractivity contribution is 5.88. The quantitative estimate of drug-likeness (QED) is 0.648. The summed E-state index contributed by atoms with van der Waals surface area (Å²) in [6, 6.07) is 23.1. The van der Waals surface area contributed by atoms with Crippen molar-refractivity contribution in [2.45, 2.75) is 38.3 Å². The number of likely N-dealkylation sites (tertiary alicyclic amines) is 1. The van der Waals surface area contributed by atoms with Crippen LogP contribution in [0.2, 0.25) is 0 Å². The summed E-state index contributed by atoms with van der Waals surface area (Å²) in [5, 5.41) is 5.53. The first-order valence-electron chi connectivity index (χ1n) is 10.8. The van der Waals surface area contributed by atoms with Crippen LogP contribution >= 0.6 is 0 Å². The molecule has 1 saturated heterocycles. The van der Waals surface area contributed by atoms with Gasteiger partial charge in [0.05, 0.1) is 13.0 Å². The number of fused-ring (bicyclic) bond motifs is 1. The Morgan fingerprint density at radius 1 is 1.03 bits per heavy atom. The minimum atomic E-state index is -0.168. The normalized spacial score (nSPS) is 16.3. The van der Waals surface area contributed by atoms with Gasteiger partial charge < -0.3 is 10.1 Å². The molecule has 30 heavy (non-hydrogen) atoms. The highest BCUT2D eigenvalue weighted by atomic mass is 16.5. The first kappa shape index (κ1) is 20.4. The summed E-state index contributed by atoms with van der Waals surface area (Å²) in [6.07, 6.45) is 2.01. The summed E-state index contributed by atoms with van der Waals surface area (Å²) in [4.78, 5) is 15.3. The van der Waals surface area contributed by atoms with Gasteiger partial charge in [0.25, 0.3) is 0 Å². The van der Waals surface area contributed by atoms with E-state index in [2.05, 4.69) is 58.7 Å². The highest BCUT2D eigenvalue weighted by Gasteiger charge is 2.23. The summed E-state index contributed by atoms with van der Waals surface area (Å²) in [5.74, 6) is 0.794. The minimum Gasteiger partial charge on any atom is -0.497 e. The van der Waals surface area contributed by atoms with Gasteiger partial charge in [0, 0.05) is 25.7 Å². The Morgan fingerprint density at radius 3 is 2.47 bits per heavy atom. The number of nitrogens with zero attached hydrogens (tertiary/aromatic N) is 1. The molecule has 4 heteroatoms. The number of carbonyl (C=O) groups excluding carboxylic acids is 1. The average Bonchev–Trinajstić information content (AvgIpc) is 2.79. The fraction of sp³-hybridized carbons (Fsp3) is 0.346. The number of hydrogen-bond acceptors (Lipinski definition) is 3. The monoisotopic (exact) mass is 402 g/mol. The lowest BCUT2D eigenvalue weighted by Crippen LogP contribution is -2.45. The van der Waals surface area contributed by atoms with Crippen molar-refractivity contribution in [1.29, 1.82) is 0 Å². The van der Waals surface area contributed by atoms with E-state index in [0.29, 0.717) is 0 Å². The van der Waals surface area contributed by atoms with E-state index in [1.165, 1.54) is 5.56 Å². The zero-order chi connectivity index (χ0) is 20.9. The van der Waals surface area contributed by atoms with Crippen LogP contribution in [0, 0.1) is 0 Å². The number of benzene rings is 3. The Labute approximate surface area is 178 Å². The Morgan fingerprint density at radius 2 is 1.73 bits per heavy atom. The van der Waals surface area contributed by atoms with Gasteiger partial charge in [-0.05, 0) is 53.8 Å². The maximum Gasteiger partial charge on any atom is 0.227 e. The van der Waals surface area contributed by atoms with Crippen LogP contribution in [0.5, 0.6) is 5.75 Å². The van der Waals surface area contributed by atoms with Crippen LogP contribution in [0.15, 0.2) is 66.7 Å². The molecule has 0 aliphatic carbocycles. The van der Waals surface area contributed by atoms with Gasteiger partial charge in [-0.15, -0.1) is 0 Å². The van der Waals surface area contributed by atoms with Crippen molar-refractivity contribution in [3.63, 3.8) is 0 Å². The van der Waals surface area contributed by atoms with Crippen molar-refractivity contribution in [3.05, 3.63) is 77.9 Å². The van der Waals surface area contributed by atoms with E-state index in [4.69, 9.17) is 4.74 Å². The van der Waals surface area contributed by atoms with E-state index in [-0.39, 0.29) is 17.9 Å². The lowest BCUT2D eigenvalue weighted by atomic mass is 9.96. The Kier molecular flexibility index (Phi) is 6.34. The molecule has 1 N–H and O–H groups in total. The molecule has 0 saturated carbocycles. The topological polar surface area (TPSA) is 41.6 Å². The second kappa shape index (κ2) is 9.31. The number of rotatable bonds is 6. The molecule has 0 radical (unpaired) electrons. The fourth-order valence-corrected chi connectivity index (χ4v) is 4.19. The van der Waals surface area contributed by atoms with E-state index in [0.717, 1.165) is 54.6 Å². The van der Waals surface area contributed by atoms with E-state index >= 15 is 0 Å². The van der Waals surface area contributed by atoms with Gasteiger partial charge in [-0.25, -0.2) is 0 Å². The number of carbonyl (C=O) groups is 1. The molecule has 1 aliphatic heterocycles. The van der Waals surface area contributed by atoms with Crippen molar-refractivity contribution < 1.29 is 9.53 Å². The molecule has 0 spiro atoms. The van der Waals surface area contributed by atoms with Gasteiger partial charge in [-0.2, -0.15) is 0 Å². The second-order valence-corrected chi connectivity index (χ2v) is 8.24. The van der Waals surface area contributed by atoms with Crippen LogP contribution in [0.4, 0.5) is 0 Å². The number of methoxy groups -OCH3 is 1. The standard InChI is InChI=1S/C26H30N2O2/c1-19(21-8-9-23-17-25(30-2)11-10-22(23)16-21)26(29)27-24-12-14-28(15-13-24)18-20-6-4-3-5-7-20/h3-11,16-17,19,24H,12-15,18H2,1-2H3,(H,27,29). The first-order valence-corrected chi connectivity index (χ1v) is 10.8. The molecule has 1 fully saturated rings. The second-order valence-electron chi connectivity index (χ2n) is 8.24. The van der Waals surface area contributed by atoms with Gasteiger partial charge in [-0.3, -0.25) is 9.69 Å². The summed E-state index contributed by atoms with van der Waals surface area (Å²) in [6.45, 7) is 5.02. The molecule has 0 bridgehead atoms. The van der Waals surface area contributed by atoms with Crippen LogP contribution in [-0.2, 0) is 11.3 Å². The van der Waals surface area contributed by atoms with E-state index in [1.54, 1.807) is 7.11 Å². The summed E-state index contributed by atoms with van der Waals surface area (Å²) >= 11 is 0. The van der Waals surface area contributed by atoms with Crippen molar-refractivity contribution in [1.82, 2.24) is 10.2 Å². The van der Waals surface area contributed by atoms with Crippen LogP contribution < -0.4 is 10.1 Å². The third-order valence-electron chi connectivity index (χ3n) is 6.15. The summed E-state index contributed by atoms with van der Waals surface area (Å²) < 4.78 is 5.30. The summed E-state index contributed by atoms with van der Waals surface area (Å²) in [5.41, 5.74) is 2.40. The largest absolute Gasteiger partial charge is 0.497 e. The van der Waals surface area contributed by atoms with E-state index < -0.39 is 0 Å². The molecular formula is C26H30N2O2. The van der Waals surface area contributed by atoms with Crippen molar-refractivity contribution in [2.75, 3.05) is 20.2 Å². The van der Waals surface area contributed by atoms with Crippen molar-refractivity contribution >= 4 is 16.7 Å². The molecular weight excluding hydrogens is 372 g/mol. The molecule has 0 aromatic heterocycles. The average molecular weight is 403 g/mol. The Bertz CT molecular complexity index is 994. The fourth-order valence-electron chi connectivity index (χ4n) is 4.19. The number of piperidine rings is 1. The molecule has 1 unspecified atom stereocenters. The number of hydrogen-bond donors (Lipinski definition) is 1. The van der Waals surface area contributed by atoms with Gasteiger partial charge >= 0.3 is 0 Å². The third-order valence-corrected chi connectivity index (χ3v) is 6.15. The van der Waals surface area contributed by atoms with Crippen LogP contribution in [0.25, 0.3) is 10.8 Å². The van der Waals surface area contributed by atoms with Gasteiger partial charge in [0.2, 0.25) is 5.91 Å². The zero-order valence-corrected chi connectivity index (χ0v) is 17.8. The number of amides is 1. The van der Waals surface area contributed by atoms with Crippen molar-refractivity contribution in [3.8, 4) is 5.75 Å². The van der Waals surface area contributed by atoms with Crippen LogP contribution in [0.1, 0.15) is 36.8 Å². The maximum absolute atomic E-state index is 12.9. The maximum atomic E-state index is 12.9. The molecule has 1 aliphatic rings. The van der Waals surface area contributed by atoms with Crippen LogP contribution in [0.3, 0.4) is 0 Å². The molecule has 3 aromatic carbocycles. The molecule has 3 aromatic rings. The highest BCUT2D eigenvalue weighted by Crippen LogP contribution is 2.25. The van der Waals surface area contributed by atoms with Gasteiger partial charge in [0.1, 0.15) is 5.75 Å². The number of ether oxygens (including phenoxy) is 1. The SMILES string of the molecule is COc1ccc2cc(C(C)C(=O)NC3CCN(Cc4ccccc4)CC3)ccc2c1. The predicted molar refractivity (Wildman–Crippen MR) is 122 cm³/mol. The molecule has 1 heterocycles. The zero-order valence-electron chi connectivity index (χ0n) is 17.8. The van der Waals surface area contributed by atoms with Gasteiger partial charge in [0.15, 0.2) is 0 Å². The first-order chi connectivity index (χ1) is 14.6. The third kappa shape index (κ3) is 4.82. The van der Waals surface area contributed by atoms with Crippen LogP contribution in [-0.4, -0.2) is 37.0 Å². The van der Waals surface area contributed by atoms with Gasteiger partial charge in [-0.1, -0.05) is 54.6 Å². The van der Waals surface area contributed by atoms with E-state index in [9.17, 15) is 4.79 Å². The molecule has 156 valence electrons. The Balaban J connectivity index is 1.32. The number of nitrogens with one attached hydrogen (secondary N) is 1. The Hall–Kier alpha value is -2.85. The smallest absolute Gasteiger partial charge is 0.227 e. The molecule has 4 nitrogen and oxygen atoms in total. The molecule has 1 amide bonds.